The van der Waals surface area contributed by atoms with Gasteiger partial charge in [-0.2, -0.15) is 0 Å². The number of hydrogen-bond acceptors (Lipinski definition) is 3. The monoisotopic (exact) mass is 313 g/mol. The van der Waals surface area contributed by atoms with Crippen molar-refractivity contribution in [3.05, 3.63) is 0 Å². The topological polar surface area (TPSA) is 44.4 Å². The van der Waals surface area contributed by atoms with E-state index in [4.69, 9.17) is 0 Å². The van der Waals surface area contributed by atoms with Gasteiger partial charge in [0.25, 0.3) is 0 Å². The third-order valence-corrected chi connectivity index (χ3v) is 3.22. The molecule has 22 heavy (non-hydrogen) atoms. The van der Waals surface area contributed by atoms with Crippen LogP contribution in [0.3, 0.4) is 0 Å². The van der Waals surface area contributed by atoms with E-state index in [9.17, 15) is 4.79 Å². The maximum atomic E-state index is 12.5. The highest BCUT2D eigenvalue weighted by Gasteiger charge is 2.40. The summed E-state index contributed by atoms with van der Waals surface area (Å²) in [6, 6.07) is 0. The zero-order valence-electron chi connectivity index (χ0n) is 16.9. The van der Waals surface area contributed by atoms with Crippen LogP contribution in [0.4, 0.5) is 0 Å². The van der Waals surface area contributed by atoms with Gasteiger partial charge in [0.1, 0.15) is 6.29 Å². The number of nitrogens with one attached hydrogen (secondary N) is 2. The third-order valence-electron chi connectivity index (χ3n) is 3.22. The normalized spacial score (nSPS) is 15.9. The van der Waals surface area contributed by atoms with Crippen LogP contribution >= 0.6 is 0 Å². The zero-order chi connectivity index (χ0) is 18.1. The molecule has 132 valence electrons. The SMILES string of the molecule is CC(C)(C)NC(NC(=O)C(C)(C)C)N(C(C)(C)C)C(C)(C)C. The standard InChI is InChI=1S/C18H39N3O/c1-15(2,3)13(22)19-14(20-16(4,5)6)21(17(7,8)9)18(10,11)12/h14,20H,1-12H3,(H,19,22). The molecule has 2 N–H and O–H groups in total. The van der Waals surface area contributed by atoms with E-state index in [-0.39, 0.29) is 28.8 Å². The molecular weight excluding hydrogens is 274 g/mol. The smallest absolute Gasteiger partial charge is 0.227 e. The Hall–Kier alpha value is -0.610. The van der Waals surface area contributed by atoms with Gasteiger partial charge in [-0.1, -0.05) is 20.8 Å². The first-order valence-electron chi connectivity index (χ1n) is 8.24. The van der Waals surface area contributed by atoms with Gasteiger partial charge in [-0.05, 0) is 62.3 Å². The lowest BCUT2D eigenvalue weighted by atomic mass is 9.93. The van der Waals surface area contributed by atoms with Crippen LogP contribution in [0.5, 0.6) is 0 Å². The molecule has 1 atom stereocenters. The summed E-state index contributed by atoms with van der Waals surface area (Å²) in [6.45, 7) is 25.2. The van der Waals surface area contributed by atoms with Crippen molar-refractivity contribution in [2.24, 2.45) is 5.41 Å². The van der Waals surface area contributed by atoms with Gasteiger partial charge < -0.3 is 5.32 Å². The molecule has 0 rings (SSSR count). The average Bonchev–Trinajstić information content (AvgIpc) is 2.06. The largest absolute Gasteiger partial charge is 0.327 e. The summed E-state index contributed by atoms with van der Waals surface area (Å²) in [5, 5.41) is 6.77. The van der Waals surface area contributed by atoms with E-state index in [0.717, 1.165) is 0 Å². The molecule has 0 saturated heterocycles. The highest BCUT2D eigenvalue weighted by atomic mass is 16.2. The second-order valence-corrected chi connectivity index (χ2v) is 10.2. The molecule has 0 radical (unpaired) electrons. The van der Waals surface area contributed by atoms with Crippen LogP contribution in [0.2, 0.25) is 0 Å². The fourth-order valence-electron chi connectivity index (χ4n) is 2.70. The Morgan fingerprint density at radius 2 is 1.14 bits per heavy atom. The lowest BCUT2D eigenvalue weighted by Crippen LogP contribution is -2.70. The summed E-state index contributed by atoms with van der Waals surface area (Å²) >= 11 is 0. The molecule has 4 heteroatoms. The van der Waals surface area contributed by atoms with E-state index in [0.29, 0.717) is 0 Å². The molecule has 0 spiro atoms. The number of carbonyl (C=O) groups excluding carboxylic acids is 1. The van der Waals surface area contributed by atoms with Gasteiger partial charge in [0, 0.05) is 22.0 Å². The first kappa shape index (κ1) is 21.4. The third kappa shape index (κ3) is 7.10. The van der Waals surface area contributed by atoms with Crippen molar-refractivity contribution >= 4 is 5.91 Å². The molecule has 0 fully saturated rings. The Morgan fingerprint density at radius 1 is 0.773 bits per heavy atom. The number of carbonyl (C=O) groups is 1. The van der Waals surface area contributed by atoms with Crippen LogP contribution in [-0.4, -0.2) is 33.7 Å². The molecule has 1 unspecified atom stereocenters. The molecule has 0 bridgehead atoms. The summed E-state index contributed by atoms with van der Waals surface area (Å²) in [6.07, 6.45) is -0.230. The Labute approximate surface area is 138 Å². The van der Waals surface area contributed by atoms with Gasteiger partial charge in [0.2, 0.25) is 5.91 Å². The van der Waals surface area contributed by atoms with E-state index in [1.54, 1.807) is 0 Å². The highest BCUT2D eigenvalue weighted by molar-refractivity contribution is 5.81. The van der Waals surface area contributed by atoms with Gasteiger partial charge in [-0.25, -0.2) is 0 Å². The minimum atomic E-state index is -0.417. The van der Waals surface area contributed by atoms with Crippen LogP contribution in [0.25, 0.3) is 0 Å². The summed E-state index contributed by atoms with van der Waals surface area (Å²) in [5.74, 6) is 0.0488. The van der Waals surface area contributed by atoms with E-state index in [1.807, 2.05) is 20.8 Å². The van der Waals surface area contributed by atoms with E-state index >= 15 is 0 Å². The lowest BCUT2D eigenvalue weighted by Gasteiger charge is -2.51. The number of nitrogens with zero attached hydrogens (tertiary/aromatic N) is 1. The zero-order valence-corrected chi connectivity index (χ0v) is 16.9. The van der Waals surface area contributed by atoms with Crippen molar-refractivity contribution in [2.75, 3.05) is 0 Å². The van der Waals surface area contributed by atoms with Gasteiger partial charge in [-0.15, -0.1) is 0 Å². The fraction of sp³-hybridized carbons (Fsp3) is 0.944. The minimum Gasteiger partial charge on any atom is -0.327 e. The van der Waals surface area contributed by atoms with Crippen LogP contribution < -0.4 is 10.6 Å². The molecule has 1 amide bonds. The Bertz CT molecular complexity index is 361. The molecule has 0 aromatic rings. The molecule has 0 aromatic carbocycles. The molecule has 0 aliphatic heterocycles. The Kier molecular flexibility index (Phi) is 6.30. The summed E-state index contributed by atoms with van der Waals surface area (Å²) in [5.41, 5.74) is -0.706. The summed E-state index contributed by atoms with van der Waals surface area (Å²) in [4.78, 5) is 14.9. The predicted octanol–water partition coefficient (Wildman–Crippen LogP) is 3.72. The first-order chi connectivity index (χ1) is 9.36. The number of hydrogen-bond donors (Lipinski definition) is 2. The van der Waals surface area contributed by atoms with Crippen molar-refractivity contribution in [1.82, 2.24) is 15.5 Å². The lowest BCUT2D eigenvalue weighted by molar-refractivity contribution is -0.134. The number of amides is 1. The maximum absolute atomic E-state index is 12.5. The average molecular weight is 314 g/mol. The predicted molar refractivity (Wildman–Crippen MR) is 95.6 cm³/mol. The van der Waals surface area contributed by atoms with Gasteiger partial charge in [0.05, 0.1) is 0 Å². The van der Waals surface area contributed by atoms with Crippen molar-refractivity contribution in [3.8, 4) is 0 Å². The number of rotatable bonds is 3. The summed E-state index contributed by atoms with van der Waals surface area (Å²) < 4.78 is 0. The summed E-state index contributed by atoms with van der Waals surface area (Å²) in [7, 11) is 0. The maximum Gasteiger partial charge on any atom is 0.227 e. The molecular formula is C18H39N3O. The first-order valence-corrected chi connectivity index (χ1v) is 8.24. The van der Waals surface area contributed by atoms with Crippen molar-refractivity contribution in [3.63, 3.8) is 0 Å². The van der Waals surface area contributed by atoms with Gasteiger partial charge in [0.15, 0.2) is 0 Å². The van der Waals surface area contributed by atoms with Crippen molar-refractivity contribution in [2.45, 2.75) is 106 Å². The molecule has 0 heterocycles. The highest BCUT2D eigenvalue weighted by Crippen LogP contribution is 2.27. The fourth-order valence-corrected chi connectivity index (χ4v) is 2.70. The van der Waals surface area contributed by atoms with Crippen molar-refractivity contribution in [1.29, 1.82) is 0 Å². The molecule has 0 aliphatic carbocycles. The van der Waals surface area contributed by atoms with Gasteiger partial charge in [-0.3, -0.25) is 15.0 Å². The second-order valence-electron chi connectivity index (χ2n) is 10.2. The molecule has 0 aliphatic rings. The molecule has 0 saturated carbocycles. The molecule has 4 nitrogen and oxygen atoms in total. The van der Waals surface area contributed by atoms with Gasteiger partial charge >= 0.3 is 0 Å². The van der Waals surface area contributed by atoms with Crippen LogP contribution in [0, 0.1) is 5.41 Å². The minimum absolute atomic E-state index is 0.0488. The second kappa shape index (κ2) is 6.48. The van der Waals surface area contributed by atoms with E-state index in [2.05, 4.69) is 77.8 Å². The van der Waals surface area contributed by atoms with E-state index < -0.39 is 5.41 Å². The quantitative estimate of drug-likeness (QED) is 0.781. The van der Waals surface area contributed by atoms with Crippen LogP contribution in [0.1, 0.15) is 83.1 Å². The van der Waals surface area contributed by atoms with Crippen LogP contribution in [-0.2, 0) is 4.79 Å². The Morgan fingerprint density at radius 3 is 1.36 bits per heavy atom. The van der Waals surface area contributed by atoms with Crippen molar-refractivity contribution < 1.29 is 4.79 Å². The van der Waals surface area contributed by atoms with E-state index in [1.165, 1.54) is 0 Å². The molecule has 0 aromatic heterocycles. The Balaban J connectivity index is 5.68. The van der Waals surface area contributed by atoms with Crippen LogP contribution in [0.15, 0.2) is 0 Å².